The van der Waals surface area contributed by atoms with E-state index >= 15 is 0 Å². The third-order valence-corrected chi connectivity index (χ3v) is 3.19. The smallest absolute Gasteiger partial charge is 0.304 e. The van der Waals surface area contributed by atoms with Crippen LogP contribution in [0.4, 0.5) is 0 Å². The third-order valence-electron chi connectivity index (χ3n) is 3.19. The summed E-state index contributed by atoms with van der Waals surface area (Å²) in [6.07, 6.45) is 1.08. The van der Waals surface area contributed by atoms with Crippen LogP contribution in [0, 0.1) is 0 Å². The van der Waals surface area contributed by atoms with Crippen LogP contribution >= 0.6 is 0 Å². The predicted octanol–water partition coefficient (Wildman–Crippen LogP) is 2.99. The van der Waals surface area contributed by atoms with Crippen LogP contribution in [-0.2, 0) is 4.79 Å². The summed E-state index contributed by atoms with van der Waals surface area (Å²) >= 11 is 0. The van der Waals surface area contributed by atoms with Crippen molar-refractivity contribution in [2.75, 3.05) is 26.7 Å². The van der Waals surface area contributed by atoms with Crippen molar-refractivity contribution in [1.82, 2.24) is 4.90 Å². The number of carbonyl (C=O) groups is 1. The van der Waals surface area contributed by atoms with Gasteiger partial charge in [0.05, 0.1) is 13.0 Å². The molecule has 0 saturated carbocycles. The minimum atomic E-state index is -0.751. The summed E-state index contributed by atoms with van der Waals surface area (Å²) in [5.74, 6) is 0.656. The Bertz CT molecular complexity index is 418. The molecule has 0 aliphatic carbocycles. The molecule has 0 saturated heterocycles. The van der Waals surface area contributed by atoms with Gasteiger partial charge in [-0.2, -0.15) is 0 Å². The quantitative estimate of drug-likeness (QED) is 0.706. The van der Waals surface area contributed by atoms with Crippen molar-refractivity contribution in [3.63, 3.8) is 0 Å². The fourth-order valence-electron chi connectivity index (χ4n) is 1.89. The standard InChI is InChI=1S/C16H25NO3/c1-13(2)14-6-4-7-15(12-14)20-11-5-9-17(3)10-8-16(18)19/h4,6-7,12-13H,5,8-11H2,1-3H3,(H,18,19). The Morgan fingerprint density at radius 1 is 1.35 bits per heavy atom. The van der Waals surface area contributed by atoms with Gasteiger partial charge in [0, 0.05) is 13.1 Å². The number of hydrogen-bond donors (Lipinski definition) is 1. The Labute approximate surface area is 121 Å². The summed E-state index contributed by atoms with van der Waals surface area (Å²) in [7, 11) is 1.93. The van der Waals surface area contributed by atoms with Crippen LogP contribution in [0.2, 0.25) is 0 Å². The Hall–Kier alpha value is -1.55. The predicted molar refractivity (Wildman–Crippen MR) is 80.4 cm³/mol. The highest BCUT2D eigenvalue weighted by atomic mass is 16.5. The maximum absolute atomic E-state index is 10.5. The largest absolute Gasteiger partial charge is 0.494 e. The maximum Gasteiger partial charge on any atom is 0.304 e. The van der Waals surface area contributed by atoms with E-state index in [1.54, 1.807) is 0 Å². The van der Waals surface area contributed by atoms with Gasteiger partial charge in [-0.05, 0) is 37.1 Å². The minimum absolute atomic E-state index is 0.188. The molecule has 4 heteroatoms. The van der Waals surface area contributed by atoms with E-state index in [9.17, 15) is 4.79 Å². The molecular formula is C16H25NO3. The second-order valence-corrected chi connectivity index (χ2v) is 5.38. The molecule has 0 spiro atoms. The first-order valence-corrected chi connectivity index (χ1v) is 7.12. The average molecular weight is 279 g/mol. The van der Waals surface area contributed by atoms with Crippen molar-refractivity contribution in [3.05, 3.63) is 29.8 Å². The van der Waals surface area contributed by atoms with Gasteiger partial charge in [-0.15, -0.1) is 0 Å². The lowest BCUT2D eigenvalue weighted by Crippen LogP contribution is -2.24. The second kappa shape index (κ2) is 8.59. The summed E-state index contributed by atoms with van der Waals surface area (Å²) in [4.78, 5) is 12.5. The van der Waals surface area contributed by atoms with E-state index in [4.69, 9.17) is 9.84 Å². The second-order valence-electron chi connectivity index (χ2n) is 5.38. The van der Waals surface area contributed by atoms with E-state index in [-0.39, 0.29) is 6.42 Å². The summed E-state index contributed by atoms with van der Waals surface area (Å²) in [6.45, 7) is 6.40. The number of carboxylic acids is 1. The third kappa shape index (κ3) is 6.57. The molecule has 0 aromatic heterocycles. The lowest BCUT2D eigenvalue weighted by Gasteiger charge is -2.15. The summed E-state index contributed by atoms with van der Waals surface area (Å²) in [5, 5.41) is 8.60. The highest BCUT2D eigenvalue weighted by Gasteiger charge is 2.03. The van der Waals surface area contributed by atoms with Crippen molar-refractivity contribution >= 4 is 5.97 Å². The molecule has 1 aromatic rings. The summed E-state index contributed by atoms with van der Waals surface area (Å²) in [5.41, 5.74) is 1.28. The topological polar surface area (TPSA) is 49.8 Å². The number of ether oxygens (including phenoxy) is 1. The molecule has 0 aliphatic heterocycles. The molecule has 1 N–H and O–H groups in total. The van der Waals surface area contributed by atoms with E-state index in [2.05, 4.69) is 26.0 Å². The number of carboxylic acid groups (broad SMARTS) is 1. The van der Waals surface area contributed by atoms with Crippen LogP contribution < -0.4 is 4.74 Å². The normalized spacial score (nSPS) is 11.1. The highest BCUT2D eigenvalue weighted by molar-refractivity contribution is 5.66. The molecule has 0 unspecified atom stereocenters. The average Bonchev–Trinajstić information content (AvgIpc) is 2.41. The van der Waals surface area contributed by atoms with E-state index in [0.717, 1.165) is 18.7 Å². The maximum atomic E-state index is 10.5. The van der Waals surface area contributed by atoms with Gasteiger partial charge in [-0.25, -0.2) is 0 Å². The molecule has 0 heterocycles. The van der Waals surface area contributed by atoms with E-state index in [1.165, 1.54) is 5.56 Å². The van der Waals surface area contributed by atoms with Crippen LogP contribution in [-0.4, -0.2) is 42.7 Å². The number of rotatable bonds is 9. The Morgan fingerprint density at radius 2 is 2.10 bits per heavy atom. The van der Waals surface area contributed by atoms with Gasteiger partial charge in [-0.1, -0.05) is 26.0 Å². The van der Waals surface area contributed by atoms with E-state index in [0.29, 0.717) is 19.1 Å². The molecule has 0 bridgehead atoms. The van der Waals surface area contributed by atoms with Crippen molar-refractivity contribution in [1.29, 1.82) is 0 Å². The van der Waals surface area contributed by atoms with Gasteiger partial charge in [0.15, 0.2) is 0 Å². The number of nitrogens with zero attached hydrogens (tertiary/aromatic N) is 1. The first-order valence-electron chi connectivity index (χ1n) is 7.12. The fourth-order valence-corrected chi connectivity index (χ4v) is 1.89. The van der Waals surface area contributed by atoms with Crippen molar-refractivity contribution in [3.8, 4) is 5.75 Å². The summed E-state index contributed by atoms with van der Waals surface area (Å²) in [6, 6.07) is 8.18. The van der Waals surface area contributed by atoms with Crippen molar-refractivity contribution in [2.45, 2.75) is 32.6 Å². The molecule has 0 radical (unpaired) electrons. The first kappa shape index (κ1) is 16.5. The zero-order valence-corrected chi connectivity index (χ0v) is 12.6. The van der Waals surface area contributed by atoms with Crippen LogP contribution in [0.5, 0.6) is 5.75 Å². The molecule has 112 valence electrons. The SMILES string of the molecule is CC(C)c1cccc(OCCCN(C)CCC(=O)O)c1. The number of hydrogen-bond acceptors (Lipinski definition) is 3. The van der Waals surface area contributed by atoms with Gasteiger partial charge in [0.2, 0.25) is 0 Å². The molecular weight excluding hydrogens is 254 g/mol. The molecule has 0 aliphatic rings. The van der Waals surface area contributed by atoms with Crippen LogP contribution in [0.3, 0.4) is 0 Å². The van der Waals surface area contributed by atoms with E-state index in [1.807, 2.05) is 24.1 Å². The van der Waals surface area contributed by atoms with Crippen molar-refractivity contribution in [2.24, 2.45) is 0 Å². The highest BCUT2D eigenvalue weighted by Crippen LogP contribution is 2.20. The Morgan fingerprint density at radius 3 is 2.75 bits per heavy atom. The molecule has 1 rings (SSSR count). The lowest BCUT2D eigenvalue weighted by atomic mass is 10.0. The fraction of sp³-hybridized carbons (Fsp3) is 0.562. The van der Waals surface area contributed by atoms with Crippen LogP contribution in [0.15, 0.2) is 24.3 Å². The van der Waals surface area contributed by atoms with Gasteiger partial charge in [-0.3, -0.25) is 4.79 Å². The molecule has 0 amide bonds. The minimum Gasteiger partial charge on any atom is -0.494 e. The molecule has 4 nitrogen and oxygen atoms in total. The molecule has 0 atom stereocenters. The van der Waals surface area contributed by atoms with Crippen LogP contribution in [0.25, 0.3) is 0 Å². The van der Waals surface area contributed by atoms with Crippen LogP contribution in [0.1, 0.15) is 38.2 Å². The Balaban J connectivity index is 2.24. The molecule has 20 heavy (non-hydrogen) atoms. The number of aliphatic carboxylic acids is 1. The van der Waals surface area contributed by atoms with E-state index < -0.39 is 5.97 Å². The lowest BCUT2D eigenvalue weighted by molar-refractivity contribution is -0.137. The zero-order valence-electron chi connectivity index (χ0n) is 12.6. The first-order chi connectivity index (χ1) is 9.49. The summed E-state index contributed by atoms with van der Waals surface area (Å²) < 4.78 is 5.73. The van der Waals surface area contributed by atoms with Gasteiger partial charge < -0.3 is 14.7 Å². The molecule has 1 aromatic carbocycles. The number of benzene rings is 1. The molecule has 0 fully saturated rings. The van der Waals surface area contributed by atoms with Gasteiger partial charge >= 0.3 is 5.97 Å². The Kier molecular flexibility index (Phi) is 7.09. The zero-order chi connectivity index (χ0) is 15.0. The monoisotopic (exact) mass is 279 g/mol. The van der Waals surface area contributed by atoms with Crippen molar-refractivity contribution < 1.29 is 14.6 Å². The van der Waals surface area contributed by atoms with Gasteiger partial charge in [0.1, 0.15) is 5.75 Å². The van der Waals surface area contributed by atoms with Gasteiger partial charge in [0.25, 0.3) is 0 Å².